The fourth-order valence-corrected chi connectivity index (χ4v) is 10.6. The van der Waals surface area contributed by atoms with Gasteiger partial charge in [-0.1, -0.05) is 341 Å². The van der Waals surface area contributed by atoms with Crippen molar-refractivity contribution in [1.82, 2.24) is 5.32 Å². The van der Waals surface area contributed by atoms with Crippen LogP contribution in [0.15, 0.2) is 0 Å². The van der Waals surface area contributed by atoms with Gasteiger partial charge in [-0.2, -0.15) is 0 Å². The van der Waals surface area contributed by atoms with Crippen LogP contribution in [0.3, 0.4) is 0 Å². The summed E-state index contributed by atoms with van der Waals surface area (Å²) >= 11 is 0. The van der Waals surface area contributed by atoms with Gasteiger partial charge in [0.05, 0.1) is 25.4 Å². The first kappa shape index (κ1) is 69.9. The smallest absolute Gasteiger partial charge is 0.305 e. The number of nitrogens with one attached hydrogen (secondary N) is 1. The molecule has 0 spiro atoms. The van der Waals surface area contributed by atoms with Crippen molar-refractivity contribution in [3.05, 3.63) is 0 Å². The van der Waals surface area contributed by atoms with Gasteiger partial charge in [-0.3, -0.25) is 9.59 Å². The van der Waals surface area contributed by atoms with E-state index in [-0.39, 0.29) is 18.5 Å². The number of aliphatic hydroxyl groups is 2. The maximum absolute atomic E-state index is 12.5. The summed E-state index contributed by atoms with van der Waals surface area (Å²) in [7, 11) is 0. The molecule has 0 heterocycles. The Labute approximate surface area is 445 Å². The molecule has 71 heavy (non-hydrogen) atoms. The highest BCUT2D eigenvalue weighted by molar-refractivity contribution is 5.76. The van der Waals surface area contributed by atoms with E-state index in [0.29, 0.717) is 25.9 Å². The van der Waals surface area contributed by atoms with Gasteiger partial charge in [0.15, 0.2) is 0 Å². The van der Waals surface area contributed by atoms with Crippen LogP contribution < -0.4 is 5.32 Å². The Hall–Kier alpha value is -1.14. The molecular weight excluding hydrogens is 875 g/mol. The molecular formula is C65H129NO5. The highest BCUT2D eigenvalue weighted by Gasteiger charge is 2.20. The van der Waals surface area contributed by atoms with Gasteiger partial charge < -0.3 is 20.3 Å². The van der Waals surface area contributed by atoms with Crippen LogP contribution in [0.5, 0.6) is 0 Å². The molecule has 2 atom stereocenters. The van der Waals surface area contributed by atoms with Crippen LogP contribution in [-0.4, -0.2) is 47.4 Å². The lowest BCUT2D eigenvalue weighted by molar-refractivity contribution is -0.143. The number of unbranched alkanes of at least 4 members (excludes halogenated alkanes) is 51. The van der Waals surface area contributed by atoms with Crippen LogP contribution in [0.2, 0.25) is 0 Å². The molecule has 1 amide bonds. The fourth-order valence-electron chi connectivity index (χ4n) is 10.6. The minimum Gasteiger partial charge on any atom is -0.466 e. The predicted octanol–water partition coefficient (Wildman–Crippen LogP) is 20.6. The molecule has 0 aromatic heterocycles. The lowest BCUT2D eigenvalue weighted by Gasteiger charge is -2.22. The first-order valence-corrected chi connectivity index (χ1v) is 32.8. The van der Waals surface area contributed by atoms with Gasteiger partial charge in [-0.15, -0.1) is 0 Å². The molecule has 424 valence electrons. The summed E-state index contributed by atoms with van der Waals surface area (Å²) in [6.07, 6.45) is 72.6. The maximum atomic E-state index is 12.5. The van der Waals surface area contributed by atoms with E-state index in [0.717, 1.165) is 57.8 Å². The van der Waals surface area contributed by atoms with Crippen LogP contribution in [0.25, 0.3) is 0 Å². The average molecular weight is 1000 g/mol. The summed E-state index contributed by atoms with van der Waals surface area (Å²) < 4.78 is 5.49. The van der Waals surface area contributed by atoms with E-state index in [9.17, 15) is 19.8 Å². The van der Waals surface area contributed by atoms with Crippen LogP contribution in [-0.2, 0) is 14.3 Å². The third-order valence-corrected chi connectivity index (χ3v) is 15.7. The molecule has 0 radical (unpaired) electrons. The van der Waals surface area contributed by atoms with Gasteiger partial charge >= 0.3 is 5.97 Å². The molecule has 0 bridgehead atoms. The molecule has 0 aliphatic rings. The zero-order valence-electron chi connectivity index (χ0n) is 48.5. The van der Waals surface area contributed by atoms with Crippen LogP contribution in [0, 0.1) is 0 Å². The van der Waals surface area contributed by atoms with E-state index in [1.165, 1.54) is 289 Å². The van der Waals surface area contributed by atoms with Crippen LogP contribution in [0.1, 0.15) is 380 Å². The number of rotatable bonds is 62. The van der Waals surface area contributed by atoms with Gasteiger partial charge in [0.25, 0.3) is 0 Å². The summed E-state index contributed by atoms with van der Waals surface area (Å²) in [6, 6.07) is -0.553. The Kier molecular flexibility index (Phi) is 60.4. The zero-order chi connectivity index (χ0) is 51.4. The molecule has 2 unspecified atom stereocenters. The molecule has 0 aromatic carbocycles. The molecule has 0 fully saturated rings. The highest BCUT2D eigenvalue weighted by atomic mass is 16.5. The van der Waals surface area contributed by atoms with Crippen molar-refractivity contribution >= 4 is 11.9 Å². The molecule has 0 aliphatic heterocycles. The largest absolute Gasteiger partial charge is 0.466 e. The van der Waals surface area contributed by atoms with Crippen molar-refractivity contribution in [3.63, 3.8) is 0 Å². The number of hydrogen-bond acceptors (Lipinski definition) is 5. The van der Waals surface area contributed by atoms with E-state index in [2.05, 4.69) is 19.2 Å². The van der Waals surface area contributed by atoms with Crippen LogP contribution in [0.4, 0.5) is 0 Å². The number of esters is 1. The highest BCUT2D eigenvalue weighted by Crippen LogP contribution is 2.19. The van der Waals surface area contributed by atoms with Gasteiger partial charge in [0.1, 0.15) is 0 Å². The van der Waals surface area contributed by atoms with E-state index in [1.807, 2.05) is 0 Å². The van der Waals surface area contributed by atoms with Crippen molar-refractivity contribution in [2.24, 2.45) is 0 Å². The van der Waals surface area contributed by atoms with E-state index >= 15 is 0 Å². The van der Waals surface area contributed by atoms with Crippen molar-refractivity contribution in [2.75, 3.05) is 13.2 Å². The Morgan fingerprint density at radius 3 is 0.859 bits per heavy atom. The molecule has 0 rings (SSSR count). The summed E-state index contributed by atoms with van der Waals surface area (Å²) in [5.41, 5.74) is 0. The molecule has 0 saturated heterocycles. The lowest BCUT2D eigenvalue weighted by atomic mass is 10.0. The molecule has 3 N–H and O–H groups in total. The second kappa shape index (κ2) is 61.4. The number of amides is 1. The lowest BCUT2D eigenvalue weighted by Crippen LogP contribution is -2.45. The maximum Gasteiger partial charge on any atom is 0.305 e. The topological polar surface area (TPSA) is 95.9 Å². The normalized spacial score (nSPS) is 12.5. The van der Waals surface area contributed by atoms with Crippen molar-refractivity contribution < 1.29 is 24.5 Å². The summed E-state index contributed by atoms with van der Waals surface area (Å²) in [5, 5.41) is 23.4. The number of carbonyl (C=O) groups is 2. The monoisotopic (exact) mass is 1000 g/mol. The van der Waals surface area contributed by atoms with Crippen LogP contribution >= 0.6 is 0 Å². The van der Waals surface area contributed by atoms with E-state index in [4.69, 9.17) is 4.74 Å². The number of hydrogen-bond donors (Lipinski definition) is 3. The standard InChI is InChI=1S/C65H129NO5/c1-3-5-7-9-11-13-15-17-19-21-22-23-24-25-26-27-28-30-31-33-37-41-45-49-53-57-63(68)62(61-67)66-64(69)58-54-50-46-42-38-35-36-40-44-48-52-56-60-71-65(70)59-55-51-47-43-39-34-32-29-20-18-16-14-12-10-8-6-4-2/h62-63,67-68H,3-61H2,1-2H3,(H,66,69). The first-order chi connectivity index (χ1) is 35.0. The molecule has 0 aromatic rings. The molecule has 0 saturated carbocycles. The average Bonchev–Trinajstić information content (AvgIpc) is 3.37. The first-order valence-electron chi connectivity index (χ1n) is 32.8. The Morgan fingerprint density at radius 1 is 0.338 bits per heavy atom. The van der Waals surface area contributed by atoms with Gasteiger partial charge in [0.2, 0.25) is 5.91 Å². The quantitative estimate of drug-likeness (QED) is 0.0417. The predicted molar refractivity (Wildman–Crippen MR) is 310 cm³/mol. The number of ether oxygens (including phenoxy) is 1. The second-order valence-electron chi connectivity index (χ2n) is 22.8. The number of carbonyl (C=O) groups excluding carboxylic acids is 2. The fraction of sp³-hybridized carbons (Fsp3) is 0.969. The number of aliphatic hydroxyl groups excluding tert-OH is 2. The Balaban J connectivity index is 3.41. The van der Waals surface area contributed by atoms with Crippen molar-refractivity contribution in [2.45, 2.75) is 392 Å². The van der Waals surface area contributed by atoms with E-state index in [1.54, 1.807) is 0 Å². The summed E-state index contributed by atoms with van der Waals surface area (Å²) in [6.45, 7) is 4.97. The second-order valence-corrected chi connectivity index (χ2v) is 22.8. The summed E-state index contributed by atoms with van der Waals surface area (Å²) in [4.78, 5) is 24.6. The minimum absolute atomic E-state index is 0.00328. The Bertz CT molecular complexity index is 1020. The third-order valence-electron chi connectivity index (χ3n) is 15.7. The van der Waals surface area contributed by atoms with Gasteiger partial charge in [0, 0.05) is 12.8 Å². The molecule has 0 aliphatic carbocycles. The third kappa shape index (κ3) is 58.0. The zero-order valence-corrected chi connectivity index (χ0v) is 48.5. The SMILES string of the molecule is CCCCCCCCCCCCCCCCCCCCCCCCCCCC(O)C(CO)NC(=O)CCCCCCCCCCCCCCOC(=O)CCCCCCCCCCCCCCCCCCC. The summed E-state index contributed by atoms with van der Waals surface area (Å²) in [5.74, 6) is -0.0479. The molecule has 6 nitrogen and oxygen atoms in total. The van der Waals surface area contributed by atoms with Crippen molar-refractivity contribution in [1.29, 1.82) is 0 Å². The van der Waals surface area contributed by atoms with Crippen molar-refractivity contribution in [3.8, 4) is 0 Å². The van der Waals surface area contributed by atoms with Gasteiger partial charge in [-0.25, -0.2) is 0 Å². The minimum atomic E-state index is -0.675. The van der Waals surface area contributed by atoms with E-state index < -0.39 is 12.1 Å². The van der Waals surface area contributed by atoms with Gasteiger partial charge in [-0.05, 0) is 25.7 Å². The molecule has 6 heteroatoms. The Morgan fingerprint density at radius 2 is 0.577 bits per heavy atom.